The normalized spacial score (nSPS) is 14.0. The summed E-state index contributed by atoms with van der Waals surface area (Å²) in [4.78, 5) is 28.4. The number of ether oxygens (including phenoxy) is 1. The van der Waals surface area contributed by atoms with E-state index in [0.717, 1.165) is 4.52 Å². The average molecular weight is 345 g/mol. The van der Waals surface area contributed by atoms with E-state index < -0.39 is 35.6 Å². The number of esters is 1. The third kappa shape index (κ3) is 3.60. The molecule has 2 aromatic heterocycles. The number of H-pyrrole nitrogens is 1. The molecule has 24 heavy (non-hydrogen) atoms. The lowest BCUT2D eigenvalue weighted by atomic mass is 9.88. The van der Waals surface area contributed by atoms with E-state index in [2.05, 4.69) is 14.8 Å². The van der Waals surface area contributed by atoms with Crippen molar-refractivity contribution in [3.63, 3.8) is 0 Å². The molecule has 2 heterocycles. The number of hydrogen-bond acceptors (Lipinski definition) is 4. The van der Waals surface area contributed by atoms with E-state index in [4.69, 9.17) is 0 Å². The Morgan fingerprint density at radius 2 is 2.00 bits per heavy atom. The van der Waals surface area contributed by atoms with Crippen LogP contribution < -0.4 is 5.56 Å². The van der Waals surface area contributed by atoms with Crippen molar-refractivity contribution in [1.82, 2.24) is 14.6 Å². The van der Waals surface area contributed by atoms with Crippen molar-refractivity contribution < 1.29 is 22.7 Å². The van der Waals surface area contributed by atoms with Gasteiger partial charge in [-0.05, 0) is 6.92 Å². The molecule has 0 saturated carbocycles. The molecule has 132 valence electrons. The van der Waals surface area contributed by atoms with Crippen LogP contribution in [0.2, 0.25) is 0 Å². The van der Waals surface area contributed by atoms with Crippen molar-refractivity contribution in [2.45, 2.75) is 46.4 Å². The highest BCUT2D eigenvalue weighted by molar-refractivity contribution is 5.73. The quantitative estimate of drug-likeness (QED) is 0.867. The van der Waals surface area contributed by atoms with Crippen molar-refractivity contribution >= 4 is 11.6 Å². The average Bonchev–Trinajstić information content (AvgIpc) is 2.86. The van der Waals surface area contributed by atoms with Crippen LogP contribution in [0, 0.1) is 12.3 Å². The molecule has 2 aromatic rings. The Labute approximate surface area is 135 Å². The molecular weight excluding hydrogens is 327 g/mol. The van der Waals surface area contributed by atoms with Gasteiger partial charge in [0.05, 0.1) is 12.0 Å². The third-order valence-electron chi connectivity index (χ3n) is 3.50. The largest absolute Gasteiger partial charge is 0.452 e. The Balaban J connectivity index is 2.28. The summed E-state index contributed by atoms with van der Waals surface area (Å²) in [5.41, 5.74) is -1.23. The van der Waals surface area contributed by atoms with Gasteiger partial charge in [-0.1, -0.05) is 20.8 Å². The molecule has 0 aliphatic heterocycles. The zero-order chi connectivity index (χ0) is 18.3. The smallest absolute Gasteiger partial charge is 0.426 e. The second-order valence-corrected chi connectivity index (χ2v) is 6.59. The molecule has 2 rings (SSSR count). The number of nitrogens with zero attached hydrogens (tertiary/aromatic N) is 2. The SMILES string of the molecule is Cc1nc2cc[nH]n2c(=O)c1CC(=O)OC(C(C)(C)C)C(F)(F)F. The van der Waals surface area contributed by atoms with Crippen LogP contribution in [0.4, 0.5) is 13.2 Å². The number of aryl methyl sites for hydroxylation is 1. The lowest BCUT2D eigenvalue weighted by Gasteiger charge is -2.31. The van der Waals surface area contributed by atoms with E-state index in [1.807, 2.05) is 0 Å². The molecule has 0 amide bonds. The maximum atomic E-state index is 13.1. The van der Waals surface area contributed by atoms with Gasteiger partial charge >= 0.3 is 12.1 Å². The summed E-state index contributed by atoms with van der Waals surface area (Å²) in [5, 5.41) is 2.63. The maximum Gasteiger partial charge on any atom is 0.426 e. The van der Waals surface area contributed by atoms with Crippen LogP contribution in [0.5, 0.6) is 0 Å². The van der Waals surface area contributed by atoms with Gasteiger partial charge in [0.1, 0.15) is 0 Å². The van der Waals surface area contributed by atoms with Crippen molar-refractivity contribution in [3.8, 4) is 0 Å². The van der Waals surface area contributed by atoms with Crippen LogP contribution in [0.25, 0.3) is 5.65 Å². The minimum absolute atomic E-state index is 0.00483. The van der Waals surface area contributed by atoms with E-state index >= 15 is 0 Å². The minimum atomic E-state index is -4.69. The molecule has 0 bridgehead atoms. The van der Waals surface area contributed by atoms with Crippen molar-refractivity contribution in [2.75, 3.05) is 0 Å². The molecular formula is C15H18F3N3O3. The van der Waals surface area contributed by atoms with Crippen molar-refractivity contribution in [1.29, 1.82) is 0 Å². The second kappa shape index (κ2) is 5.95. The standard InChI is InChI=1S/C15H18F3N3O3/c1-8-9(12(23)21-10(20-8)5-6-19-21)7-11(22)24-13(14(2,3)4)15(16,17)18/h5-6,13,19H,7H2,1-4H3. The van der Waals surface area contributed by atoms with Crippen LogP contribution >= 0.6 is 0 Å². The third-order valence-corrected chi connectivity index (χ3v) is 3.50. The number of rotatable bonds is 3. The first-order valence-corrected chi connectivity index (χ1v) is 7.23. The highest BCUT2D eigenvalue weighted by atomic mass is 19.4. The minimum Gasteiger partial charge on any atom is -0.452 e. The summed E-state index contributed by atoms with van der Waals surface area (Å²) in [7, 11) is 0. The molecule has 0 aliphatic rings. The predicted octanol–water partition coefficient (Wildman–Crippen LogP) is 2.39. The fraction of sp³-hybridized carbons (Fsp3) is 0.533. The molecule has 0 aromatic carbocycles. The van der Waals surface area contributed by atoms with E-state index in [9.17, 15) is 22.8 Å². The number of hydrogen-bond donors (Lipinski definition) is 1. The Morgan fingerprint density at radius 1 is 1.38 bits per heavy atom. The van der Waals surface area contributed by atoms with Gasteiger partial charge in [0, 0.05) is 23.4 Å². The zero-order valence-electron chi connectivity index (χ0n) is 13.7. The highest BCUT2D eigenvalue weighted by Gasteiger charge is 2.50. The Morgan fingerprint density at radius 3 is 2.54 bits per heavy atom. The lowest BCUT2D eigenvalue weighted by molar-refractivity contribution is -0.244. The molecule has 6 nitrogen and oxygen atoms in total. The molecule has 1 unspecified atom stereocenters. The van der Waals surface area contributed by atoms with Crippen molar-refractivity contribution in [2.24, 2.45) is 5.41 Å². The Kier molecular flexibility index (Phi) is 4.47. The fourth-order valence-electron chi connectivity index (χ4n) is 2.36. The number of aromatic amines is 1. The maximum absolute atomic E-state index is 13.1. The van der Waals surface area contributed by atoms with Crippen LogP contribution in [0.1, 0.15) is 32.0 Å². The van der Waals surface area contributed by atoms with Gasteiger partial charge in [0.2, 0.25) is 6.10 Å². The fourth-order valence-corrected chi connectivity index (χ4v) is 2.36. The topological polar surface area (TPSA) is 76.5 Å². The summed E-state index contributed by atoms with van der Waals surface area (Å²) in [6, 6.07) is 1.57. The van der Waals surface area contributed by atoms with Gasteiger partial charge in [-0.25, -0.2) is 9.50 Å². The summed E-state index contributed by atoms with van der Waals surface area (Å²) in [6.07, 6.45) is -6.05. The van der Waals surface area contributed by atoms with Gasteiger partial charge in [-0.2, -0.15) is 13.2 Å². The molecule has 1 N–H and O–H groups in total. The number of fused-ring (bicyclic) bond motifs is 1. The van der Waals surface area contributed by atoms with Gasteiger partial charge in [-0.15, -0.1) is 0 Å². The highest BCUT2D eigenvalue weighted by Crippen LogP contribution is 2.36. The molecule has 1 atom stereocenters. The summed E-state index contributed by atoms with van der Waals surface area (Å²) in [6.45, 7) is 5.49. The van der Waals surface area contributed by atoms with Crippen LogP contribution in [-0.4, -0.2) is 32.8 Å². The summed E-state index contributed by atoms with van der Waals surface area (Å²) in [5.74, 6) is -1.12. The van der Waals surface area contributed by atoms with E-state index in [0.29, 0.717) is 5.65 Å². The monoisotopic (exact) mass is 345 g/mol. The van der Waals surface area contributed by atoms with Crippen LogP contribution in [0.3, 0.4) is 0 Å². The van der Waals surface area contributed by atoms with E-state index in [1.165, 1.54) is 33.9 Å². The van der Waals surface area contributed by atoms with Crippen molar-refractivity contribution in [3.05, 3.63) is 33.9 Å². The second-order valence-electron chi connectivity index (χ2n) is 6.59. The zero-order valence-corrected chi connectivity index (χ0v) is 13.7. The van der Waals surface area contributed by atoms with Gasteiger partial charge < -0.3 is 4.74 Å². The number of carbonyl (C=O) groups is 1. The lowest BCUT2D eigenvalue weighted by Crippen LogP contribution is -2.44. The van der Waals surface area contributed by atoms with Crippen LogP contribution in [0.15, 0.2) is 17.1 Å². The molecule has 0 spiro atoms. The van der Waals surface area contributed by atoms with Crippen LogP contribution in [-0.2, 0) is 16.0 Å². The van der Waals surface area contributed by atoms with E-state index in [-0.39, 0.29) is 11.3 Å². The number of carbonyl (C=O) groups excluding carboxylic acids is 1. The number of alkyl halides is 3. The summed E-state index contributed by atoms with van der Waals surface area (Å²) >= 11 is 0. The number of nitrogens with one attached hydrogen (secondary N) is 1. The molecule has 0 aliphatic carbocycles. The number of halogens is 3. The Hall–Kier alpha value is -2.32. The van der Waals surface area contributed by atoms with Gasteiger partial charge in [-0.3, -0.25) is 14.7 Å². The van der Waals surface area contributed by atoms with E-state index in [1.54, 1.807) is 6.07 Å². The first-order valence-electron chi connectivity index (χ1n) is 7.23. The summed E-state index contributed by atoms with van der Waals surface area (Å²) < 4.78 is 45.0. The van der Waals surface area contributed by atoms with Gasteiger partial charge in [0.15, 0.2) is 5.65 Å². The number of aromatic nitrogens is 3. The van der Waals surface area contributed by atoms with Gasteiger partial charge in [0.25, 0.3) is 5.56 Å². The molecule has 0 fully saturated rings. The molecule has 0 saturated heterocycles. The Bertz CT molecular complexity index is 801. The molecule has 0 radical (unpaired) electrons. The first-order chi connectivity index (χ1) is 10.9. The first kappa shape index (κ1) is 18.0. The molecule has 9 heteroatoms. The predicted molar refractivity (Wildman–Crippen MR) is 79.6 cm³/mol.